The van der Waals surface area contributed by atoms with E-state index >= 15 is 0 Å². The summed E-state index contributed by atoms with van der Waals surface area (Å²) >= 11 is 0. The van der Waals surface area contributed by atoms with Crippen molar-refractivity contribution in [1.82, 2.24) is 5.01 Å². The average Bonchev–Trinajstić information content (AvgIpc) is 3.12. The first-order chi connectivity index (χ1) is 21.0. The second kappa shape index (κ2) is 12.8. The Balaban J connectivity index is 1.46. The zero-order valence-electron chi connectivity index (χ0n) is 25.4. The smallest absolute Gasteiger partial charge is 0.345 e. The molecule has 2 aliphatic rings. The Morgan fingerprint density at radius 2 is 1.57 bits per heavy atom. The fourth-order valence-electron chi connectivity index (χ4n) is 5.73. The molecule has 1 saturated carbocycles. The third-order valence-corrected chi connectivity index (χ3v) is 8.19. The van der Waals surface area contributed by atoms with Gasteiger partial charge < -0.3 is 10.4 Å². The number of carbonyl (C=O) groups is 4. The molecule has 3 aromatic rings. The van der Waals surface area contributed by atoms with Crippen molar-refractivity contribution in [1.29, 1.82) is 0 Å². The number of Topliss-reactive ketones (excluding diaryl/α,β-unsaturated/α-hetero) is 1. The van der Waals surface area contributed by atoms with Crippen LogP contribution in [-0.4, -0.2) is 52.6 Å². The van der Waals surface area contributed by atoms with Crippen molar-refractivity contribution in [2.45, 2.75) is 52.9 Å². The van der Waals surface area contributed by atoms with Crippen LogP contribution in [-0.2, 0) is 9.59 Å². The molecule has 0 spiro atoms. The van der Waals surface area contributed by atoms with Gasteiger partial charge in [0.05, 0.1) is 23.5 Å². The number of nitrogens with one attached hydrogen (secondary N) is 1. The molecule has 0 saturated heterocycles. The zero-order chi connectivity index (χ0) is 31.4. The number of hydrogen-bond donors (Lipinski definition) is 2. The Morgan fingerprint density at radius 1 is 0.886 bits per heavy atom. The number of amides is 3. The maximum Gasteiger partial charge on any atom is 0.345 e. The molecule has 1 heterocycles. The van der Waals surface area contributed by atoms with E-state index < -0.39 is 23.3 Å². The summed E-state index contributed by atoms with van der Waals surface area (Å²) in [5.74, 6) is -1.49. The van der Waals surface area contributed by atoms with Crippen LogP contribution < -0.4 is 10.2 Å². The van der Waals surface area contributed by atoms with E-state index in [0.717, 1.165) is 43.4 Å². The lowest BCUT2D eigenvalue weighted by Gasteiger charge is -2.28. The molecule has 44 heavy (non-hydrogen) atoms. The Bertz CT molecular complexity index is 1620. The SMILES string of the molecule is CC(C)(C)C(=O)CN1C(=O)N(CC(=O)Nc2cccc(-c3ccccc3C(=O)O)c2)N=C(C2CCCCC2)c2ccccc21. The summed E-state index contributed by atoms with van der Waals surface area (Å²) in [6.07, 6.45) is 5.15. The van der Waals surface area contributed by atoms with Crippen LogP contribution in [0, 0.1) is 11.3 Å². The molecule has 5 rings (SSSR count). The van der Waals surface area contributed by atoms with Crippen LogP contribution in [0.4, 0.5) is 16.2 Å². The molecule has 1 aliphatic carbocycles. The Labute approximate surface area is 257 Å². The van der Waals surface area contributed by atoms with Gasteiger partial charge in [-0.15, -0.1) is 0 Å². The second-order valence-corrected chi connectivity index (χ2v) is 12.4. The molecular weight excluding hydrogens is 556 g/mol. The van der Waals surface area contributed by atoms with Crippen LogP contribution in [0.15, 0.2) is 77.9 Å². The highest BCUT2D eigenvalue weighted by atomic mass is 16.4. The highest BCUT2D eigenvalue weighted by Crippen LogP contribution is 2.35. The van der Waals surface area contributed by atoms with Crippen molar-refractivity contribution in [2.75, 3.05) is 23.3 Å². The largest absolute Gasteiger partial charge is 0.478 e. The summed E-state index contributed by atoms with van der Waals surface area (Å²) in [5.41, 5.74) is 3.29. The molecule has 3 aromatic carbocycles. The van der Waals surface area contributed by atoms with Crippen LogP contribution >= 0.6 is 0 Å². The molecule has 2 N–H and O–H groups in total. The van der Waals surface area contributed by atoms with Crippen molar-refractivity contribution >= 4 is 40.8 Å². The second-order valence-electron chi connectivity index (χ2n) is 12.4. The summed E-state index contributed by atoms with van der Waals surface area (Å²) in [6, 6.07) is 20.6. The number of aromatic carboxylic acids is 1. The van der Waals surface area contributed by atoms with Gasteiger partial charge in [-0.2, -0.15) is 5.10 Å². The Hall–Kier alpha value is -4.79. The van der Waals surface area contributed by atoms with Crippen molar-refractivity contribution < 1.29 is 24.3 Å². The van der Waals surface area contributed by atoms with Gasteiger partial charge in [0.15, 0.2) is 5.78 Å². The fraction of sp³-hybridized carbons (Fsp3) is 0.343. The number of carboxylic acids is 1. The van der Waals surface area contributed by atoms with E-state index in [1.54, 1.807) is 42.5 Å². The van der Waals surface area contributed by atoms with Gasteiger partial charge in [0.1, 0.15) is 6.54 Å². The average molecular weight is 595 g/mol. The number of hydrogen-bond acceptors (Lipinski definition) is 5. The molecule has 3 amide bonds. The van der Waals surface area contributed by atoms with Gasteiger partial charge in [0.2, 0.25) is 5.91 Å². The monoisotopic (exact) mass is 594 g/mol. The number of nitrogens with zero attached hydrogens (tertiary/aromatic N) is 3. The molecule has 0 radical (unpaired) electrons. The van der Waals surface area contributed by atoms with Crippen LogP contribution in [0.1, 0.15) is 68.8 Å². The van der Waals surface area contributed by atoms with Gasteiger partial charge in [-0.3, -0.25) is 14.5 Å². The van der Waals surface area contributed by atoms with E-state index in [1.165, 1.54) is 16.0 Å². The number of rotatable bonds is 8. The quantitative estimate of drug-likeness (QED) is 0.296. The van der Waals surface area contributed by atoms with Crippen LogP contribution in [0.25, 0.3) is 11.1 Å². The molecule has 1 aliphatic heterocycles. The van der Waals surface area contributed by atoms with Crippen molar-refractivity contribution in [3.63, 3.8) is 0 Å². The molecule has 9 nitrogen and oxygen atoms in total. The number of ketones is 1. The van der Waals surface area contributed by atoms with E-state index in [4.69, 9.17) is 5.10 Å². The predicted molar refractivity (Wildman–Crippen MR) is 171 cm³/mol. The number of anilines is 2. The maximum atomic E-state index is 14.1. The highest BCUT2D eigenvalue weighted by molar-refractivity contribution is 6.13. The summed E-state index contributed by atoms with van der Waals surface area (Å²) in [5, 5.41) is 18.5. The Kier molecular flexibility index (Phi) is 8.94. The minimum atomic E-state index is -1.04. The van der Waals surface area contributed by atoms with Gasteiger partial charge in [-0.1, -0.05) is 88.6 Å². The molecule has 0 atom stereocenters. The van der Waals surface area contributed by atoms with E-state index in [2.05, 4.69) is 5.32 Å². The van der Waals surface area contributed by atoms with Crippen LogP contribution in [0.5, 0.6) is 0 Å². The minimum absolute atomic E-state index is 0.107. The molecule has 9 heteroatoms. The van der Waals surface area contributed by atoms with E-state index in [0.29, 0.717) is 22.5 Å². The van der Waals surface area contributed by atoms with Gasteiger partial charge in [-0.25, -0.2) is 14.6 Å². The molecule has 0 aromatic heterocycles. The van der Waals surface area contributed by atoms with Crippen LogP contribution in [0.2, 0.25) is 0 Å². The first-order valence-electron chi connectivity index (χ1n) is 15.1. The standard InChI is InChI=1S/C35H38N4O5/c1-35(2,3)30(40)21-38-29-19-10-9-18-28(29)32(23-12-5-4-6-13-23)37-39(34(38)44)22-31(41)36-25-15-11-14-24(20-25)26-16-7-8-17-27(26)33(42)43/h7-11,14-20,23H,4-6,12-13,21-22H2,1-3H3,(H,36,41)(H,42,43). The third kappa shape index (κ3) is 6.72. The minimum Gasteiger partial charge on any atom is -0.478 e. The van der Waals surface area contributed by atoms with Gasteiger partial charge in [0.25, 0.3) is 0 Å². The first kappa shape index (κ1) is 30.7. The first-order valence-corrected chi connectivity index (χ1v) is 15.1. The van der Waals surface area contributed by atoms with Gasteiger partial charge in [0, 0.05) is 22.6 Å². The van der Waals surface area contributed by atoms with Crippen molar-refractivity contribution in [2.24, 2.45) is 16.4 Å². The third-order valence-electron chi connectivity index (χ3n) is 8.19. The van der Waals surface area contributed by atoms with E-state index in [9.17, 15) is 24.3 Å². The van der Waals surface area contributed by atoms with Crippen molar-refractivity contribution in [3.05, 3.63) is 83.9 Å². The molecule has 0 unspecified atom stereocenters. The summed E-state index contributed by atoms with van der Waals surface area (Å²) < 4.78 is 0. The number of para-hydroxylation sites is 1. The number of carbonyl (C=O) groups excluding carboxylic acids is 3. The lowest BCUT2D eigenvalue weighted by atomic mass is 9.83. The Morgan fingerprint density at radius 3 is 2.27 bits per heavy atom. The predicted octanol–water partition coefficient (Wildman–Crippen LogP) is 6.83. The summed E-state index contributed by atoms with van der Waals surface area (Å²) in [7, 11) is 0. The molecule has 228 valence electrons. The fourth-order valence-corrected chi connectivity index (χ4v) is 5.73. The zero-order valence-corrected chi connectivity index (χ0v) is 25.4. The highest BCUT2D eigenvalue weighted by Gasteiger charge is 2.36. The normalized spacial score (nSPS) is 15.7. The van der Waals surface area contributed by atoms with Crippen LogP contribution in [0.3, 0.4) is 0 Å². The van der Waals surface area contributed by atoms with E-state index in [-0.39, 0.29) is 30.4 Å². The number of carboxylic acid groups (broad SMARTS) is 1. The molecule has 0 bridgehead atoms. The number of urea groups is 1. The lowest BCUT2D eigenvalue weighted by Crippen LogP contribution is -2.47. The number of fused-ring (bicyclic) bond motifs is 1. The maximum absolute atomic E-state index is 14.1. The topological polar surface area (TPSA) is 119 Å². The summed E-state index contributed by atoms with van der Waals surface area (Å²) in [6.45, 7) is 4.96. The molecule has 1 fully saturated rings. The van der Waals surface area contributed by atoms with Crippen molar-refractivity contribution in [3.8, 4) is 11.1 Å². The van der Waals surface area contributed by atoms with Gasteiger partial charge >= 0.3 is 12.0 Å². The number of benzene rings is 3. The molecular formula is C35H38N4O5. The summed E-state index contributed by atoms with van der Waals surface area (Å²) in [4.78, 5) is 53.9. The number of hydrazone groups is 1. The van der Waals surface area contributed by atoms with E-state index in [1.807, 2.05) is 45.0 Å². The van der Waals surface area contributed by atoms with Gasteiger partial charge in [-0.05, 0) is 48.2 Å². The lowest BCUT2D eigenvalue weighted by molar-refractivity contribution is -0.124.